The average Bonchev–Trinajstić information content (AvgIpc) is 2.71. The maximum atomic E-state index is 12.9. The monoisotopic (exact) mass is 402 g/mol. The van der Waals surface area contributed by atoms with Gasteiger partial charge in [-0.05, 0) is 29.8 Å². The number of hydrogen-bond donors (Lipinski definition) is 2. The highest BCUT2D eigenvalue weighted by atomic mass is 16.7. The molecule has 154 valence electrons. The largest absolute Gasteiger partial charge is 0.508 e. The van der Waals surface area contributed by atoms with Crippen LogP contribution in [0.4, 0.5) is 0 Å². The summed E-state index contributed by atoms with van der Waals surface area (Å²) >= 11 is 0. The van der Waals surface area contributed by atoms with Gasteiger partial charge in [0, 0.05) is 23.3 Å². The number of phenolic OH excluding ortho intramolecular Hbond substituents is 1. The zero-order chi connectivity index (χ0) is 21.4. The molecule has 29 heavy (non-hydrogen) atoms. The van der Waals surface area contributed by atoms with E-state index < -0.39 is 35.5 Å². The quantitative estimate of drug-likeness (QED) is 0.461. The van der Waals surface area contributed by atoms with Crippen molar-refractivity contribution in [1.82, 2.24) is 5.06 Å². The van der Waals surface area contributed by atoms with Crippen LogP contribution in [-0.4, -0.2) is 50.8 Å². The first kappa shape index (κ1) is 21.8. The number of hydrogen-bond acceptors (Lipinski definition) is 6. The molecule has 2 aromatic carbocycles. The fraction of sp³-hybridized carbons (Fsp3) is 0.300. The Kier molecular flexibility index (Phi) is 7.67. The SMILES string of the molecule is CCC(CON(C(=O)c1ccccc1)[C@H](Cc1ccc(O)cc1)C(=O)O)[N+](=O)[O-]. The van der Waals surface area contributed by atoms with Crippen molar-refractivity contribution in [3.8, 4) is 5.75 Å². The molecule has 9 heteroatoms. The third kappa shape index (κ3) is 6.01. The second-order valence-corrected chi connectivity index (χ2v) is 6.36. The molecule has 0 saturated heterocycles. The molecule has 2 N–H and O–H groups in total. The van der Waals surface area contributed by atoms with E-state index >= 15 is 0 Å². The van der Waals surface area contributed by atoms with Crippen LogP contribution >= 0.6 is 0 Å². The summed E-state index contributed by atoms with van der Waals surface area (Å²) in [5.41, 5.74) is 0.740. The molecular formula is C20H22N2O7. The number of rotatable bonds is 10. The summed E-state index contributed by atoms with van der Waals surface area (Å²) in [6.07, 6.45) is 0.0551. The molecule has 0 saturated carbocycles. The number of nitro groups is 1. The minimum Gasteiger partial charge on any atom is -0.508 e. The van der Waals surface area contributed by atoms with Crippen LogP contribution in [0.25, 0.3) is 0 Å². The molecule has 0 spiro atoms. The first-order valence-corrected chi connectivity index (χ1v) is 8.99. The molecule has 1 unspecified atom stereocenters. The number of nitrogens with zero attached hydrogens (tertiary/aromatic N) is 2. The number of aromatic hydroxyl groups is 1. The van der Waals surface area contributed by atoms with Gasteiger partial charge in [-0.2, -0.15) is 0 Å². The molecule has 0 heterocycles. The second kappa shape index (κ2) is 10.2. The Labute approximate surface area is 167 Å². The van der Waals surface area contributed by atoms with Gasteiger partial charge in [0.2, 0.25) is 6.04 Å². The molecule has 0 bridgehead atoms. The number of carboxylic acids is 1. The fourth-order valence-electron chi connectivity index (χ4n) is 2.62. The van der Waals surface area contributed by atoms with E-state index in [1.165, 1.54) is 36.4 Å². The van der Waals surface area contributed by atoms with E-state index in [9.17, 15) is 29.9 Å². The van der Waals surface area contributed by atoms with E-state index in [-0.39, 0.29) is 24.2 Å². The van der Waals surface area contributed by atoms with Crippen LogP contribution < -0.4 is 0 Å². The highest BCUT2D eigenvalue weighted by molar-refractivity contribution is 5.95. The van der Waals surface area contributed by atoms with Crippen LogP contribution in [0, 0.1) is 10.1 Å². The molecule has 0 aliphatic carbocycles. The lowest BCUT2D eigenvalue weighted by Crippen LogP contribution is -2.47. The Morgan fingerprint density at radius 3 is 2.28 bits per heavy atom. The van der Waals surface area contributed by atoms with E-state index in [1.807, 2.05) is 0 Å². The Hall–Kier alpha value is -3.46. The predicted octanol–water partition coefficient (Wildman–Crippen LogP) is 2.52. The van der Waals surface area contributed by atoms with Crippen molar-refractivity contribution in [1.29, 1.82) is 0 Å². The summed E-state index contributed by atoms with van der Waals surface area (Å²) in [5, 5.41) is 30.9. The van der Waals surface area contributed by atoms with E-state index in [4.69, 9.17) is 4.84 Å². The van der Waals surface area contributed by atoms with E-state index in [0.717, 1.165) is 0 Å². The zero-order valence-corrected chi connectivity index (χ0v) is 15.8. The number of carbonyl (C=O) groups is 2. The summed E-state index contributed by atoms with van der Waals surface area (Å²) in [6.45, 7) is 1.16. The number of benzene rings is 2. The predicted molar refractivity (Wildman–Crippen MR) is 103 cm³/mol. The normalized spacial score (nSPS) is 12.7. The standard InChI is InChI=1S/C20H22N2O7/c1-2-16(22(27)28)13-29-21(19(24)15-6-4-3-5-7-15)18(20(25)26)12-14-8-10-17(23)11-9-14/h3-11,16,18,23H,2,12-13H2,1H3,(H,25,26)/t16?,18-/m1/s1. The van der Waals surface area contributed by atoms with Gasteiger partial charge in [0.05, 0.1) is 0 Å². The van der Waals surface area contributed by atoms with Gasteiger partial charge in [0.15, 0.2) is 6.04 Å². The van der Waals surface area contributed by atoms with E-state index in [2.05, 4.69) is 0 Å². The lowest BCUT2D eigenvalue weighted by molar-refractivity contribution is -0.530. The molecule has 0 radical (unpaired) electrons. The van der Waals surface area contributed by atoms with Gasteiger partial charge in [-0.3, -0.25) is 19.7 Å². The van der Waals surface area contributed by atoms with Gasteiger partial charge in [0.25, 0.3) is 5.91 Å². The lowest BCUT2D eigenvalue weighted by Gasteiger charge is -2.28. The van der Waals surface area contributed by atoms with Gasteiger partial charge in [-0.1, -0.05) is 37.3 Å². The molecule has 2 aromatic rings. The van der Waals surface area contributed by atoms with Crippen molar-refractivity contribution in [2.75, 3.05) is 6.61 Å². The maximum absolute atomic E-state index is 12.9. The van der Waals surface area contributed by atoms with Crippen LogP contribution in [0.5, 0.6) is 5.75 Å². The minimum atomic E-state index is -1.42. The summed E-state index contributed by atoms with van der Waals surface area (Å²) in [4.78, 5) is 40.8. The van der Waals surface area contributed by atoms with Crippen LogP contribution in [-0.2, 0) is 16.1 Å². The average molecular weight is 402 g/mol. The second-order valence-electron chi connectivity index (χ2n) is 6.36. The molecule has 9 nitrogen and oxygen atoms in total. The summed E-state index contributed by atoms with van der Waals surface area (Å²) in [7, 11) is 0. The van der Waals surface area contributed by atoms with Crippen molar-refractivity contribution >= 4 is 11.9 Å². The first-order valence-electron chi connectivity index (χ1n) is 8.99. The number of aliphatic carboxylic acids is 1. The third-order valence-electron chi connectivity index (χ3n) is 4.33. The van der Waals surface area contributed by atoms with Crippen LogP contribution in [0.3, 0.4) is 0 Å². The number of amides is 1. The van der Waals surface area contributed by atoms with Crippen LogP contribution in [0.15, 0.2) is 54.6 Å². The summed E-state index contributed by atoms with van der Waals surface area (Å²) < 4.78 is 0. The Morgan fingerprint density at radius 1 is 1.14 bits per heavy atom. The maximum Gasteiger partial charge on any atom is 0.329 e. The lowest BCUT2D eigenvalue weighted by atomic mass is 10.0. The number of hydroxylamine groups is 2. The Balaban J connectivity index is 2.33. The first-order chi connectivity index (χ1) is 13.8. The molecule has 1 amide bonds. The smallest absolute Gasteiger partial charge is 0.329 e. The van der Waals surface area contributed by atoms with Gasteiger partial charge in [-0.25, -0.2) is 9.86 Å². The van der Waals surface area contributed by atoms with E-state index in [0.29, 0.717) is 10.6 Å². The highest BCUT2D eigenvalue weighted by Crippen LogP contribution is 2.17. The molecule has 0 fully saturated rings. The minimum absolute atomic E-state index is 0.0193. The van der Waals surface area contributed by atoms with Crippen molar-refractivity contribution < 1.29 is 29.6 Å². The topological polar surface area (TPSA) is 130 Å². The third-order valence-corrected chi connectivity index (χ3v) is 4.33. The van der Waals surface area contributed by atoms with E-state index in [1.54, 1.807) is 25.1 Å². The van der Waals surface area contributed by atoms with Crippen LogP contribution in [0.2, 0.25) is 0 Å². The van der Waals surface area contributed by atoms with Crippen molar-refractivity contribution in [3.63, 3.8) is 0 Å². The van der Waals surface area contributed by atoms with Gasteiger partial charge < -0.3 is 10.2 Å². The molecule has 2 rings (SSSR count). The molecule has 0 aromatic heterocycles. The zero-order valence-electron chi connectivity index (χ0n) is 15.8. The van der Waals surface area contributed by atoms with Gasteiger partial charge in [-0.15, -0.1) is 0 Å². The van der Waals surface area contributed by atoms with Gasteiger partial charge in [0.1, 0.15) is 12.4 Å². The van der Waals surface area contributed by atoms with Gasteiger partial charge >= 0.3 is 5.97 Å². The van der Waals surface area contributed by atoms with Crippen molar-refractivity contribution in [2.45, 2.75) is 31.8 Å². The Bertz CT molecular complexity index is 840. The van der Waals surface area contributed by atoms with Crippen LogP contribution in [0.1, 0.15) is 29.3 Å². The molecular weight excluding hydrogens is 380 g/mol. The molecule has 2 atom stereocenters. The number of phenols is 1. The number of carboxylic acid groups (broad SMARTS) is 1. The fourth-order valence-corrected chi connectivity index (χ4v) is 2.62. The Morgan fingerprint density at radius 2 is 1.76 bits per heavy atom. The summed E-state index contributed by atoms with van der Waals surface area (Å²) in [5.74, 6) is -2.02. The number of carbonyl (C=O) groups excluding carboxylic acids is 1. The summed E-state index contributed by atoms with van der Waals surface area (Å²) in [6, 6.07) is 11.3. The van der Waals surface area contributed by atoms with Crippen molar-refractivity contribution in [3.05, 3.63) is 75.8 Å². The molecule has 0 aliphatic rings. The molecule has 0 aliphatic heterocycles. The highest BCUT2D eigenvalue weighted by Gasteiger charge is 2.33. The van der Waals surface area contributed by atoms with Crippen molar-refractivity contribution in [2.24, 2.45) is 0 Å².